The summed E-state index contributed by atoms with van der Waals surface area (Å²) in [6.07, 6.45) is 4.23. The molecule has 6 rings (SSSR count). The summed E-state index contributed by atoms with van der Waals surface area (Å²) in [6, 6.07) is 6.58. The molecule has 2 fully saturated rings. The van der Waals surface area contributed by atoms with Crippen LogP contribution >= 0.6 is 0 Å². The van der Waals surface area contributed by atoms with Crippen LogP contribution in [0.1, 0.15) is 35.2 Å². The van der Waals surface area contributed by atoms with Gasteiger partial charge in [-0.15, -0.1) is 0 Å². The smallest absolute Gasteiger partial charge is 0.329 e. The first-order valence-corrected chi connectivity index (χ1v) is 12.5. The molecular weight excluding hydrogens is 492 g/mol. The number of nitrogens with one attached hydrogen (secondary N) is 1. The first-order chi connectivity index (χ1) is 18.5. The average Bonchev–Trinajstić information content (AvgIpc) is 3.67. The average molecular weight is 519 g/mol. The molecule has 1 N–H and O–H groups in total. The van der Waals surface area contributed by atoms with Gasteiger partial charge in [0, 0.05) is 37.3 Å². The first-order valence-electron chi connectivity index (χ1n) is 12.5. The number of aromatic nitrogens is 1. The number of aliphatic imine (C=N–C) groups is 2. The minimum absolute atomic E-state index is 0.0758. The van der Waals surface area contributed by atoms with Crippen LogP contribution in [0.4, 0.5) is 5.69 Å². The second-order valence-corrected chi connectivity index (χ2v) is 9.29. The van der Waals surface area contributed by atoms with Crippen LogP contribution in [0, 0.1) is 0 Å². The van der Waals surface area contributed by atoms with Crippen LogP contribution in [0.15, 0.2) is 46.6 Å². The lowest BCUT2D eigenvalue weighted by molar-refractivity contribution is -0.157. The summed E-state index contributed by atoms with van der Waals surface area (Å²) in [7, 11) is 1.53. The monoisotopic (exact) mass is 518 g/mol. The zero-order valence-corrected chi connectivity index (χ0v) is 20.8. The van der Waals surface area contributed by atoms with Crippen LogP contribution < -0.4 is 14.8 Å². The minimum atomic E-state index is -0.446. The highest BCUT2D eigenvalue weighted by Crippen LogP contribution is 2.43. The van der Waals surface area contributed by atoms with E-state index in [9.17, 15) is 14.4 Å². The predicted molar refractivity (Wildman–Crippen MR) is 135 cm³/mol. The van der Waals surface area contributed by atoms with Crippen molar-refractivity contribution in [2.75, 3.05) is 33.4 Å². The lowest BCUT2D eigenvalue weighted by Crippen LogP contribution is -2.47. The SMILES string of the molecule is COc1c(OCCCC(=O)N2C[C@H]3C[C@@H]2C(=O)O3)ccc2c1N=C(NC(=O)c1cccnc1)N1CCN=C21. The molecule has 0 saturated carbocycles. The molecule has 5 heterocycles. The van der Waals surface area contributed by atoms with Crippen LogP contribution in [0.25, 0.3) is 0 Å². The second-order valence-electron chi connectivity index (χ2n) is 9.29. The van der Waals surface area contributed by atoms with Crippen molar-refractivity contribution >= 4 is 35.3 Å². The summed E-state index contributed by atoms with van der Waals surface area (Å²) in [5, 5.41) is 2.87. The Morgan fingerprint density at radius 1 is 1.26 bits per heavy atom. The molecule has 12 heteroatoms. The normalized spacial score (nSPS) is 20.8. The minimum Gasteiger partial charge on any atom is -0.491 e. The molecule has 4 aliphatic rings. The van der Waals surface area contributed by atoms with Gasteiger partial charge in [0.05, 0.1) is 32.4 Å². The second kappa shape index (κ2) is 9.77. The van der Waals surface area contributed by atoms with Crippen molar-refractivity contribution < 1.29 is 28.6 Å². The largest absolute Gasteiger partial charge is 0.491 e. The third-order valence-electron chi connectivity index (χ3n) is 6.93. The van der Waals surface area contributed by atoms with E-state index in [1.165, 1.54) is 13.3 Å². The van der Waals surface area contributed by atoms with Gasteiger partial charge in [0.15, 0.2) is 11.5 Å². The number of amidine groups is 1. The van der Waals surface area contributed by atoms with Gasteiger partial charge in [0.25, 0.3) is 5.91 Å². The van der Waals surface area contributed by atoms with Gasteiger partial charge in [-0.1, -0.05) is 0 Å². The van der Waals surface area contributed by atoms with Crippen LogP contribution in [-0.4, -0.2) is 89.9 Å². The fraction of sp³-hybridized carbons (Fsp3) is 0.385. The summed E-state index contributed by atoms with van der Waals surface area (Å²) < 4.78 is 16.8. The lowest BCUT2D eigenvalue weighted by atomic mass is 10.1. The van der Waals surface area contributed by atoms with E-state index in [1.807, 2.05) is 11.0 Å². The fourth-order valence-corrected chi connectivity index (χ4v) is 5.15. The number of hydrogen-bond acceptors (Lipinski definition) is 10. The number of likely N-dealkylation sites (tertiary alicyclic amines) is 1. The Balaban J connectivity index is 1.16. The van der Waals surface area contributed by atoms with Crippen LogP contribution in [0.5, 0.6) is 11.5 Å². The third kappa shape index (κ3) is 4.21. The Bertz CT molecular complexity index is 1360. The lowest BCUT2D eigenvalue weighted by Gasteiger charge is -2.28. The molecule has 0 spiro atoms. The Morgan fingerprint density at radius 3 is 2.92 bits per heavy atom. The number of methoxy groups -OCH3 is 1. The maximum Gasteiger partial charge on any atom is 0.329 e. The molecule has 0 unspecified atom stereocenters. The molecular formula is C26H26N6O6. The zero-order chi connectivity index (χ0) is 26.2. The van der Waals surface area contributed by atoms with Crippen molar-refractivity contribution in [1.82, 2.24) is 20.1 Å². The van der Waals surface area contributed by atoms with E-state index in [4.69, 9.17) is 19.2 Å². The van der Waals surface area contributed by atoms with Gasteiger partial charge in [-0.25, -0.2) is 9.79 Å². The number of carbonyl (C=O) groups is 3. The standard InChI is InChI=1S/C26H26N6O6/c1-36-22-19(37-11-3-5-20(33)32-14-16-12-18(32)25(35)38-16)7-6-17-21(22)29-26(31-10-9-28-23(17)31)30-24(34)15-4-2-8-27-13-15/h2,4,6-8,13,16,18H,3,5,9-12,14H2,1H3,(H,29,30,34)/t16-,18-/m1/s1. The third-order valence-corrected chi connectivity index (χ3v) is 6.93. The molecule has 2 aromatic rings. The number of rotatable bonds is 7. The highest BCUT2D eigenvalue weighted by Gasteiger charge is 2.48. The number of nitrogens with zero attached hydrogens (tertiary/aromatic N) is 5. The van der Waals surface area contributed by atoms with Crippen LogP contribution in [0.3, 0.4) is 0 Å². The molecule has 1 aromatic heterocycles. The first kappa shape index (κ1) is 23.9. The van der Waals surface area contributed by atoms with Crippen molar-refractivity contribution in [1.29, 1.82) is 0 Å². The van der Waals surface area contributed by atoms with Gasteiger partial charge >= 0.3 is 5.97 Å². The van der Waals surface area contributed by atoms with E-state index in [0.717, 1.165) is 5.56 Å². The number of hydrogen-bond donors (Lipinski definition) is 1. The van der Waals surface area contributed by atoms with Gasteiger partial charge < -0.3 is 19.1 Å². The Morgan fingerprint density at radius 2 is 2.16 bits per heavy atom. The van der Waals surface area contributed by atoms with Crippen molar-refractivity contribution in [3.63, 3.8) is 0 Å². The van der Waals surface area contributed by atoms with E-state index in [1.54, 1.807) is 29.3 Å². The number of amides is 2. The number of pyridine rings is 1. The molecule has 38 heavy (non-hydrogen) atoms. The number of guanidine groups is 1. The fourth-order valence-electron chi connectivity index (χ4n) is 5.15. The summed E-state index contributed by atoms with van der Waals surface area (Å²) in [5.41, 5.74) is 1.69. The maximum atomic E-state index is 12.8. The van der Waals surface area contributed by atoms with Gasteiger partial charge in [-0.05, 0) is 30.7 Å². The summed E-state index contributed by atoms with van der Waals surface area (Å²) in [5.74, 6) is 1.21. The number of esters is 1. The maximum absolute atomic E-state index is 12.8. The highest BCUT2D eigenvalue weighted by atomic mass is 16.6. The number of fused-ring (bicyclic) bond motifs is 5. The Labute approximate surface area is 218 Å². The molecule has 2 saturated heterocycles. The van der Waals surface area contributed by atoms with E-state index in [2.05, 4.69) is 15.3 Å². The van der Waals surface area contributed by atoms with Gasteiger partial charge in [0.1, 0.15) is 23.7 Å². The van der Waals surface area contributed by atoms with Gasteiger partial charge in [-0.2, -0.15) is 0 Å². The molecule has 196 valence electrons. The van der Waals surface area contributed by atoms with Crippen molar-refractivity contribution in [3.05, 3.63) is 47.8 Å². The van der Waals surface area contributed by atoms with Crippen molar-refractivity contribution in [2.24, 2.45) is 9.98 Å². The molecule has 2 bridgehead atoms. The van der Waals surface area contributed by atoms with Crippen molar-refractivity contribution in [2.45, 2.75) is 31.4 Å². The van der Waals surface area contributed by atoms with Crippen LogP contribution in [0.2, 0.25) is 0 Å². The van der Waals surface area contributed by atoms with E-state index < -0.39 is 6.04 Å². The predicted octanol–water partition coefficient (Wildman–Crippen LogP) is 1.27. The van der Waals surface area contributed by atoms with Gasteiger partial charge in [-0.3, -0.25) is 29.8 Å². The summed E-state index contributed by atoms with van der Waals surface area (Å²) in [6.45, 7) is 1.90. The highest BCUT2D eigenvalue weighted by molar-refractivity contribution is 6.20. The van der Waals surface area contributed by atoms with E-state index >= 15 is 0 Å². The molecule has 12 nitrogen and oxygen atoms in total. The van der Waals surface area contributed by atoms with Crippen LogP contribution in [-0.2, 0) is 14.3 Å². The zero-order valence-electron chi connectivity index (χ0n) is 20.8. The van der Waals surface area contributed by atoms with E-state index in [0.29, 0.717) is 67.0 Å². The van der Waals surface area contributed by atoms with Gasteiger partial charge in [0.2, 0.25) is 11.9 Å². The molecule has 4 aliphatic heterocycles. The topological polar surface area (TPSA) is 135 Å². The Kier molecular flexibility index (Phi) is 6.14. The molecule has 2 amide bonds. The van der Waals surface area contributed by atoms with Crippen molar-refractivity contribution in [3.8, 4) is 11.5 Å². The summed E-state index contributed by atoms with van der Waals surface area (Å²) >= 11 is 0. The molecule has 1 aromatic carbocycles. The number of carbonyl (C=O) groups excluding carboxylic acids is 3. The molecule has 0 aliphatic carbocycles. The number of morpholine rings is 1. The number of ether oxygens (including phenoxy) is 3. The Hall–Kier alpha value is -4.48. The molecule has 2 atom stereocenters. The quantitative estimate of drug-likeness (QED) is 0.428. The molecule has 0 radical (unpaired) electrons. The van der Waals surface area contributed by atoms with E-state index in [-0.39, 0.29) is 36.9 Å². The number of benzene rings is 1. The summed E-state index contributed by atoms with van der Waals surface area (Å²) in [4.78, 5) is 54.0.